The zero-order valence-corrected chi connectivity index (χ0v) is 23.5. The van der Waals surface area contributed by atoms with Crippen molar-refractivity contribution in [3.63, 3.8) is 0 Å². The van der Waals surface area contributed by atoms with Crippen molar-refractivity contribution in [1.82, 2.24) is 10.2 Å². The number of benzene rings is 3. The van der Waals surface area contributed by atoms with Gasteiger partial charge < -0.3 is 15.0 Å². The monoisotopic (exact) mass is 580 g/mol. The molecule has 2 atom stereocenters. The molecule has 1 N–H and O–H groups in total. The van der Waals surface area contributed by atoms with E-state index in [0.717, 1.165) is 17.5 Å². The second-order valence-corrected chi connectivity index (χ2v) is 10.3. The van der Waals surface area contributed by atoms with Crippen molar-refractivity contribution in [2.24, 2.45) is 0 Å². The first kappa shape index (κ1) is 29.1. The van der Waals surface area contributed by atoms with Gasteiger partial charge in [-0.15, -0.1) is 0 Å². The summed E-state index contributed by atoms with van der Waals surface area (Å²) < 4.78 is 5.74. The van der Waals surface area contributed by atoms with Crippen LogP contribution in [0.15, 0.2) is 66.7 Å². The van der Waals surface area contributed by atoms with Crippen LogP contribution in [0.3, 0.4) is 0 Å². The zero-order valence-electron chi connectivity index (χ0n) is 20.5. The molecule has 3 rings (SSSR count). The Kier molecular flexibility index (Phi) is 11.0. The Balaban J connectivity index is 1.94. The number of hydrogen-bond donors (Lipinski definition) is 1. The predicted octanol–water partition coefficient (Wildman–Crippen LogP) is 7.23. The lowest BCUT2D eigenvalue weighted by molar-refractivity contribution is -0.143. The lowest BCUT2D eigenvalue weighted by Gasteiger charge is -2.32. The van der Waals surface area contributed by atoms with Crippen molar-refractivity contribution in [1.29, 1.82) is 0 Å². The number of halogens is 4. The highest BCUT2D eigenvalue weighted by Crippen LogP contribution is 2.28. The van der Waals surface area contributed by atoms with Gasteiger partial charge in [0.25, 0.3) is 5.91 Å². The van der Waals surface area contributed by atoms with Gasteiger partial charge in [-0.1, -0.05) is 89.7 Å². The average molecular weight is 582 g/mol. The number of ether oxygens (including phenoxy) is 1. The van der Waals surface area contributed by atoms with Gasteiger partial charge in [0.05, 0.1) is 15.1 Å². The highest BCUT2D eigenvalue weighted by Gasteiger charge is 2.31. The Morgan fingerprint density at radius 2 is 1.62 bits per heavy atom. The molecule has 0 saturated carbocycles. The van der Waals surface area contributed by atoms with Gasteiger partial charge in [-0.05, 0) is 54.8 Å². The largest absolute Gasteiger partial charge is 0.482 e. The van der Waals surface area contributed by atoms with Crippen molar-refractivity contribution in [3.05, 3.63) is 97.9 Å². The molecule has 0 aromatic heterocycles. The topological polar surface area (TPSA) is 58.6 Å². The molecule has 0 fully saturated rings. The summed E-state index contributed by atoms with van der Waals surface area (Å²) in [7, 11) is 0. The Hall–Kier alpha value is -2.44. The molecule has 3 aromatic rings. The molecule has 0 aliphatic carbocycles. The molecule has 5 nitrogen and oxygen atoms in total. The number of carbonyl (C=O) groups excluding carboxylic acids is 2. The number of amides is 2. The minimum atomic E-state index is -0.803. The fourth-order valence-corrected chi connectivity index (χ4v) is 4.43. The summed E-state index contributed by atoms with van der Waals surface area (Å²) in [6.45, 7) is 3.71. The molecule has 0 saturated heterocycles. The second-order valence-electron chi connectivity index (χ2n) is 8.66. The van der Waals surface area contributed by atoms with Gasteiger partial charge in [-0.3, -0.25) is 9.59 Å². The average Bonchev–Trinajstić information content (AvgIpc) is 2.88. The normalized spacial score (nSPS) is 12.5. The molecule has 0 heterocycles. The third kappa shape index (κ3) is 8.54. The van der Waals surface area contributed by atoms with Crippen molar-refractivity contribution in [2.45, 2.75) is 45.3 Å². The smallest absolute Gasteiger partial charge is 0.261 e. The maximum atomic E-state index is 13.6. The Morgan fingerprint density at radius 1 is 0.892 bits per heavy atom. The molecule has 0 aliphatic rings. The maximum Gasteiger partial charge on any atom is 0.261 e. The first-order valence-electron chi connectivity index (χ1n) is 11.8. The molecule has 2 amide bonds. The van der Waals surface area contributed by atoms with Crippen molar-refractivity contribution in [2.75, 3.05) is 6.61 Å². The summed E-state index contributed by atoms with van der Waals surface area (Å²) in [5.41, 5.74) is 1.64. The molecule has 9 heteroatoms. The van der Waals surface area contributed by atoms with E-state index < -0.39 is 11.9 Å². The molecule has 0 aliphatic heterocycles. The van der Waals surface area contributed by atoms with Crippen LogP contribution in [-0.4, -0.2) is 35.4 Å². The van der Waals surface area contributed by atoms with Crippen LogP contribution in [0, 0.1) is 0 Å². The highest BCUT2D eigenvalue weighted by atomic mass is 35.5. The van der Waals surface area contributed by atoms with E-state index in [9.17, 15) is 9.59 Å². The van der Waals surface area contributed by atoms with E-state index in [1.54, 1.807) is 30.3 Å². The van der Waals surface area contributed by atoms with Crippen LogP contribution in [-0.2, 0) is 22.6 Å². The standard InChI is InChI=1S/C28H28Cl4N2O3/c1-3-18(2)33-28(36)25(14-19-7-5-4-6-8-19)34(16-20-9-11-22(30)23(31)13-20)27(35)17-37-26-12-10-21(29)15-24(26)32/h4-13,15,18,25H,3,14,16-17H2,1-2H3,(H,33,36)/t18-,25+/m1/s1. The summed E-state index contributed by atoms with van der Waals surface area (Å²) in [4.78, 5) is 28.7. The van der Waals surface area contributed by atoms with Gasteiger partial charge in [0.1, 0.15) is 11.8 Å². The number of nitrogens with zero attached hydrogens (tertiary/aromatic N) is 1. The molecule has 3 aromatic carbocycles. The van der Waals surface area contributed by atoms with Crippen LogP contribution in [0.4, 0.5) is 0 Å². The minimum Gasteiger partial charge on any atom is -0.482 e. The number of nitrogens with one attached hydrogen (secondary N) is 1. The van der Waals surface area contributed by atoms with Crippen molar-refractivity contribution >= 4 is 58.2 Å². The molecular formula is C28H28Cl4N2O3. The highest BCUT2D eigenvalue weighted by molar-refractivity contribution is 6.42. The molecule has 0 unspecified atom stereocenters. The van der Waals surface area contributed by atoms with Gasteiger partial charge >= 0.3 is 0 Å². The van der Waals surface area contributed by atoms with Gasteiger partial charge in [0, 0.05) is 24.0 Å². The van der Waals surface area contributed by atoms with Gasteiger partial charge in [0.2, 0.25) is 5.91 Å². The molecule has 0 spiro atoms. The molecule has 196 valence electrons. The molecular weight excluding hydrogens is 554 g/mol. The van der Waals surface area contributed by atoms with Crippen LogP contribution < -0.4 is 10.1 Å². The first-order valence-corrected chi connectivity index (χ1v) is 13.3. The third-order valence-electron chi connectivity index (χ3n) is 5.85. The van der Waals surface area contributed by atoms with Crippen molar-refractivity contribution in [3.8, 4) is 5.75 Å². The minimum absolute atomic E-state index is 0.0585. The Morgan fingerprint density at radius 3 is 2.27 bits per heavy atom. The van der Waals surface area contributed by atoms with E-state index in [2.05, 4.69) is 5.32 Å². The summed E-state index contributed by atoms with van der Waals surface area (Å²) >= 11 is 24.5. The quantitative estimate of drug-likeness (QED) is 0.260. The predicted molar refractivity (Wildman–Crippen MR) is 151 cm³/mol. The first-order chi connectivity index (χ1) is 17.7. The number of carbonyl (C=O) groups is 2. The summed E-state index contributed by atoms with van der Waals surface area (Å²) in [6.07, 6.45) is 1.07. The van der Waals surface area contributed by atoms with E-state index in [4.69, 9.17) is 51.1 Å². The second kappa shape index (κ2) is 13.9. The fourth-order valence-electron chi connectivity index (χ4n) is 3.64. The van der Waals surface area contributed by atoms with Crippen LogP contribution in [0.1, 0.15) is 31.4 Å². The van der Waals surface area contributed by atoms with Crippen LogP contribution in [0.5, 0.6) is 5.75 Å². The number of hydrogen-bond acceptors (Lipinski definition) is 3. The molecule has 0 bridgehead atoms. The van der Waals surface area contributed by atoms with Crippen LogP contribution in [0.2, 0.25) is 20.1 Å². The van der Waals surface area contributed by atoms with Gasteiger partial charge in [-0.2, -0.15) is 0 Å². The lowest BCUT2D eigenvalue weighted by atomic mass is 10.0. The summed E-state index contributed by atoms with van der Waals surface area (Å²) in [5, 5.41) is 4.52. The van der Waals surface area contributed by atoms with Crippen LogP contribution >= 0.6 is 46.4 Å². The molecule has 0 radical (unpaired) electrons. The maximum absolute atomic E-state index is 13.6. The van der Waals surface area contributed by atoms with E-state index in [1.807, 2.05) is 44.2 Å². The van der Waals surface area contributed by atoms with E-state index >= 15 is 0 Å². The summed E-state index contributed by atoms with van der Waals surface area (Å²) in [6, 6.07) is 18.6. The zero-order chi connectivity index (χ0) is 26.9. The van der Waals surface area contributed by atoms with E-state index in [-0.39, 0.29) is 30.1 Å². The third-order valence-corrected chi connectivity index (χ3v) is 7.12. The SMILES string of the molecule is CC[C@@H](C)NC(=O)[C@H](Cc1ccccc1)N(Cc1ccc(Cl)c(Cl)c1)C(=O)COc1ccc(Cl)cc1Cl. The van der Waals surface area contributed by atoms with Gasteiger partial charge in [0.15, 0.2) is 6.61 Å². The Labute approximate surface area is 237 Å². The lowest BCUT2D eigenvalue weighted by Crippen LogP contribution is -2.53. The fraction of sp³-hybridized carbons (Fsp3) is 0.286. The van der Waals surface area contributed by atoms with E-state index in [0.29, 0.717) is 27.2 Å². The van der Waals surface area contributed by atoms with Crippen LogP contribution in [0.25, 0.3) is 0 Å². The van der Waals surface area contributed by atoms with Crippen molar-refractivity contribution < 1.29 is 14.3 Å². The number of rotatable bonds is 11. The van der Waals surface area contributed by atoms with E-state index in [1.165, 1.54) is 11.0 Å². The summed E-state index contributed by atoms with van der Waals surface area (Å²) in [5.74, 6) is -0.328. The van der Waals surface area contributed by atoms with Gasteiger partial charge in [-0.25, -0.2) is 0 Å². The molecule has 37 heavy (non-hydrogen) atoms. The Bertz CT molecular complexity index is 1220.